The van der Waals surface area contributed by atoms with Crippen LogP contribution in [-0.4, -0.2) is 12.5 Å². The number of carbonyl (C=O) groups excluding carboxylic acids is 1. The molecule has 90 valence electrons. The van der Waals surface area contributed by atoms with Crippen molar-refractivity contribution in [2.24, 2.45) is 40.6 Å². The zero-order valence-corrected chi connectivity index (χ0v) is 9.82. The zero-order valence-electron chi connectivity index (χ0n) is 9.82. The average molecular weight is 222 g/mol. The highest BCUT2D eigenvalue weighted by molar-refractivity contribution is 5.78. The summed E-state index contributed by atoms with van der Waals surface area (Å²) in [4.78, 5) is 11.6. The van der Waals surface area contributed by atoms with Crippen LogP contribution in [0.4, 0.5) is 0 Å². The molecule has 4 fully saturated rings. The first-order chi connectivity index (χ1) is 7.63. The minimum atomic E-state index is -0.163. The second-order valence-corrected chi connectivity index (χ2v) is 6.47. The lowest BCUT2D eigenvalue weighted by molar-refractivity contribution is -0.137. The van der Waals surface area contributed by atoms with Gasteiger partial charge in [0.25, 0.3) is 0 Å². The van der Waals surface area contributed by atoms with Crippen LogP contribution in [-0.2, 0) is 4.79 Å². The van der Waals surface area contributed by atoms with Crippen LogP contribution in [0.1, 0.15) is 38.5 Å². The quantitative estimate of drug-likeness (QED) is 0.755. The van der Waals surface area contributed by atoms with E-state index in [0.717, 1.165) is 17.8 Å². The first kappa shape index (κ1) is 10.6. The van der Waals surface area contributed by atoms with Gasteiger partial charge in [0.05, 0.1) is 5.92 Å². The van der Waals surface area contributed by atoms with Gasteiger partial charge >= 0.3 is 0 Å². The van der Waals surface area contributed by atoms with Gasteiger partial charge in [-0.15, -0.1) is 0 Å². The molecule has 0 aromatic heterocycles. The molecule has 0 heterocycles. The maximum atomic E-state index is 11.6. The predicted molar refractivity (Wildman–Crippen MR) is 62.3 cm³/mol. The summed E-state index contributed by atoms with van der Waals surface area (Å²) >= 11 is 0. The number of rotatable bonds is 3. The van der Waals surface area contributed by atoms with E-state index < -0.39 is 0 Å². The second kappa shape index (κ2) is 3.46. The highest BCUT2D eigenvalue weighted by atomic mass is 16.1. The summed E-state index contributed by atoms with van der Waals surface area (Å²) in [6.07, 6.45) is 7.83. The second-order valence-electron chi connectivity index (χ2n) is 6.47. The Kier molecular flexibility index (Phi) is 2.29. The maximum absolute atomic E-state index is 11.6. The number of nitrogens with two attached hydrogens (primary N) is 2. The van der Waals surface area contributed by atoms with Crippen LogP contribution in [0.25, 0.3) is 0 Å². The highest BCUT2D eigenvalue weighted by Crippen LogP contribution is 2.62. The molecule has 3 nitrogen and oxygen atoms in total. The molecule has 4 aliphatic rings. The minimum absolute atomic E-state index is 0.0686. The van der Waals surface area contributed by atoms with E-state index in [9.17, 15) is 4.79 Å². The Morgan fingerprint density at radius 3 is 1.88 bits per heavy atom. The van der Waals surface area contributed by atoms with Crippen LogP contribution in [0.5, 0.6) is 0 Å². The molecule has 0 radical (unpaired) electrons. The minimum Gasteiger partial charge on any atom is -0.369 e. The van der Waals surface area contributed by atoms with Crippen molar-refractivity contribution >= 4 is 5.91 Å². The van der Waals surface area contributed by atoms with Gasteiger partial charge in [-0.05, 0) is 61.7 Å². The first-order valence-corrected chi connectivity index (χ1v) is 6.62. The molecule has 4 aliphatic carbocycles. The van der Waals surface area contributed by atoms with Crippen LogP contribution in [0, 0.1) is 29.1 Å². The van der Waals surface area contributed by atoms with Crippen molar-refractivity contribution < 1.29 is 4.79 Å². The van der Waals surface area contributed by atoms with Gasteiger partial charge in [0.1, 0.15) is 0 Å². The highest BCUT2D eigenvalue weighted by Gasteiger charge is 2.54. The van der Waals surface area contributed by atoms with E-state index in [4.69, 9.17) is 11.5 Å². The number of hydrogen-bond acceptors (Lipinski definition) is 2. The molecule has 0 aromatic rings. The van der Waals surface area contributed by atoms with Gasteiger partial charge in [-0.2, -0.15) is 0 Å². The number of hydrogen-bond donors (Lipinski definition) is 2. The average Bonchev–Trinajstić information content (AvgIpc) is 2.14. The summed E-state index contributed by atoms with van der Waals surface area (Å²) in [7, 11) is 0. The third kappa shape index (κ3) is 1.41. The Hall–Kier alpha value is -0.570. The molecule has 16 heavy (non-hydrogen) atoms. The molecule has 0 aromatic carbocycles. The van der Waals surface area contributed by atoms with E-state index in [1.165, 1.54) is 38.5 Å². The van der Waals surface area contributed by atoms with E-state index in [2.05, 4.69) is 0 Å². The fourth-order valence-corrected chi connectivity index (χ4v) is 5.27. The van der Waals surface area contributed by atoms with Crippen molar-refractivity contribution in [1.82, 2.24) is 0 Å². The van der Waals surface area contributed by atoms with Crippen molar-refractivity contribution in [3.05, 3.63) is 0 Å². The molecule has 0 saturated heterocycles. The molecule has 4 saturated carbocycles. The van der Waals surface area contributed by atoms with Crippen molar-refractivity contribution in [2.45, 2.75) is 38.5 Å². The summed E-state index contributed by atoms with van der Waals surface area (Å²) in [6, 6.07) is 0. The third-order valence-corrected chi connectivity index (χ3v) is 5.40. The number of carbonyl (C=O) groups is 1. The summed E-state index contributed by atoms with van der Waals surface area (Å²) < 4.78 is 0. The third-order valence-electron chi connectivity index (χ3n) is 5.40. The standard InChI is InChI=1S/C13H22N2O/c14-7-11(12(15)16)13-4-8-1-9(5-13)3-10(2-8)6-13/h8-11H,1-7,14H2,(H2,15,16). The van der Waals surface area contributed by atoms with Gasteiger partial charge in [-0.3, -0.25) is 4.79 Å². The Bertz CT molecular complexity index is 278. The number of primary amides is 1. The fourth-order valence-electron chi connectivity index (χ4n) is 5.27. The van der Waals surface area contributed by atoms with Crippen molar-refractivity contribution in [1.29, 1.82) is 0 Å². The van der Waals surface area contributed by atoms with Crippen LogP contribution in [0.3, 0.4) is 0 Å². The summed E-state index contributed by atoms with van der Waals surface area (Å²) in [5.74, 6) is 2.35. The lowest BCUT2D eigenvalue weighted by Gasteiger charge is -2.58. The lowest BCUT2D eigenvalue weighted by atomic mass is 9.46. The maximum Gasteiger partial charge on any atom is 0.222 e. The summed E-state index contributed by atoms with van der Waals surface area (Å²) in [6.45, 7) is 0.446. The van der Waals surface area contributed by atoms with Gasteiger partial charge in [-0.25, -0.2) is 0 Å². The molecule has 0 aliphatic heterocycles. The molecule has 4 N–H and O–H groups in total. The molecule has 4 rings (SSSR count). The van der Waals surface area contributed by atoms with Gasteiger partial charge < -0.3 is 11.5 Å². The summed E-state index contributed by atoms with van der Waals surface area (Å²) in [5, 5.41) is 0. The molecule has 1 amide bonds. The van der Waals surface area contributed by atoms with E-state index >= 15 is 0 Å². The normalized spacial score (nSPS) is 46.9. The number of amides is 1. The van der Waals surface area contributed by atoms with Crippen LogP contribution in [0.15, 0.2) is 0 Å². The van der Waals surface area contributed by atoms with Gasteiger partial charge in [0.15, 0.2) is 0 Å². The first-order valence-electron chi connectivity index (χ1n) is 6.62. The van der Waals surface area contributed by atoms with Crippen molar-refractivity contribution in [2.75, 3.05) is 6.54 Å². The fraction of sp³-hybridized carbons (Fsp3) is 0.923. The monoisotopic (exact) mass is 222 g/mol. The van der Waals surface area contributed by atoms with Crippen molar-refractivity contribution in [3.8, 4) is 0 Å². The molecule has 1 unspecified atom stereocenters. The topological polar surface area (TPSA) is 69.1 Å². The van der Waals surface area contributed by atoms with Gasteiger partial charge in [0, 0.05) is 6.54 Å². The van der Waals surface area contributed by atoms with Gasteiger partial charge in [-0.1, -0.05) is 0 Å². The Balaban J connectivity index is 1.90. The Labute approximate surface area is 96.9 Å². The van der Waals surface area contributed by atoms with E-state index in [1.54, 1.807) is 0 Å². The molecular weight excluding hydrogens is 200 g/mol. The Morgan fingerprint density at radius 2 is 1.56 bits per heavy atom. The molecular formula is C13H22N2O. The van der Waals surface area contributed by atoms with Crippen molar-refractivity contribution in [3.63, 3.8) is 0 Å². The van der Waals surface area contributed by atoms with Crippen LogP contribution >= 0.6 is 0 Å². The summed E-state index contributed by atoms with van der Waals surface area (Å²) in [5.41, 5.74) is 11.5. The Morgan fingerprint density at radius 1 is 1.12 bits per heavy atom. The van der Waals surface area contributed by atoms with E-state index in [-0.39, 0.29) is 17.2 Å². The zero-order chi connectivity index (χ0) is 11.3. The van der Waals surface area contributed by atoms with Crippen LogP contribution in [0.2, 0.25) is 0 Å². The van der Waals surface area contributed by atoms with E-state index in [1.807, 2.05) is 0 Å². The smallest absolute Gasteiger partial charge is 0.222 e. The molecule has 1 atom stereocenters. The van der Waals surface area contributed by atoms with Crippen LogP contribution < -0.4 is 11.5 Å². The molecule has 0 spiro atoms. The SMILES string of the molecule is NCC(C(N)=O)C12CC3CC(CC(C3)C1)C2. The van der Waals surface area contributed by atoms with Gasteiger partial charge in [0.2, 0.25) is 5.91 Å². The predicted octanol–water partition coefficient (Wildman–Crippen LogP) is 1.26. The van der Waals surface area contributed by atoms with E-state index in [0.29, 0.717) is 6.54 Å². The lowest BCUT2D eigenvalue weighted by Crippen LogP contribution is -2.54. The molecule has 3 heteroatoms. The molecule has 4 bridgehead atoms. The largest absolute Gasteiger partial charge is 0.369 e.